The lowest BCUT2D eigenvalue weighted by molar-refractivity contribution is 0.0995. The number of hydrogen-bond donors (Lipinski definition) is 1. The smallest absolute Gasteiger partial charge is 0.293 e. The maximum atomic E-state index is 11.8. The van der Waals surface area contributed by atoms with Crippen LogP contribution >= 0.6 is 15.9 Å². The second kappa shape index (κ2) is 4.71. The van der Waals surface area contributed by atoms with Gasteiger partial charge in [-0.05, 0) is 30.7 Å². The Morgan fingerprint density at radius 3 is 2.76 bits per heavy atom. The van der Waals surface area contributed by atoms with Crippen molar-refractivity contribution >= 4 is 27.5 Å². The third-order valence-electron chi connectivity index (χ3n) is 2.26. The molecule has 1 N–H and O–H groups in total. The van der Waals surface area contributed by atoms with Crippen molar-refractivity contribution in [2.45, 2.75) is 13.8 Å². The SMILES string of the molecule is Cc1ncc(C(=O)Nc2ccc(Br)c(C)c2)o1. The molecule has 1 aromatic heterocycles. The predicted octanol–water partition coefficient (Wildman–Crippen LogP) is 3.31. The minimum atomic E-state index is -0.299. The van der Waals surface area contributed by atoms with E-state index in [0.29, 0.717) is 5.89 Å². The van der Waals surface area contributed by atoms with Crippen molar-refractivity contribution in [2.75, 3.05) is 5.32 Å². The van der Waals surface area contributed by atoms with Crippen LogP contribution in [0.5, 0.6) is 0 Å². The highest BCUT2D eigenvalue weighted by Crippen LogP contribution is 2.20. The van der Waals surface area contributed by atoms with Crippen LogP contribution in [-0.2, 0) is 0 Å². The summed E-state index contributed by atoms with van der Waals surface area (Å²) in [5, 5.41) is 2.75. The predicted molar refractivity (Wildman–Crippen MR) is 68.1 cm³/mol. The molecule has 4 nitrogen and oxygen atoms in total. The van der Waals surface area contributed by atoms with E-state index in [-0.39, 0.29) is 11.7 Å². The summed E-state index contributed by atoms with van der Waals surface area (Å²) in [6.07, 6.45) is 1.41. The number of benzene rings is 1. The first-order valence-corrected chi connectivity index (χ1v) is 5.85. The van der Waals surface area contributed by atoms with Crippen molar-refractivity contribution in [3.05, 3.63) is 46.1 Å². The highest BCUT2D eigenvalue weighted by molar-refractivity contribution is 9.10. The van der Waals surface area contributed by atoms with Gasteiger partial charge >= 0.3 is 0 Å². The van der Waals surface area contributed by atoms with Crippen molar-refractivity contribution in [3.8, 4) is 0 Å². The number of nitrogens with one attached hydrogen (secondary N) is 1. The molecular formula is C12H11BrN2O2. The van der Waals surface area contributed by atoms with Crippen LogP contribution in [0.3, 0.4) is 0 Å². The Balaban J connectivity index is 2.15. The molecule has 0 saturated heterocycles. The first-order valence-electron chi connectivity index (χ1n) is 5.06. The molecule has 0 unspecified atom stereocenters. The van der Waals surface area contributed by atoms with Crippen LogP contribution in [-0.4, -0.2) is 10.9 Å². The van der Waals surface area contributed by atoms with E-state index in [0.717, 1.165) is 15.7 Å². The summed E-state index contributed by atoms with van der Waals surface area (Å²) in [7, 11) is 0. The highest BCUT2D eigenvalue weighted by atomic mass is 79.9. The summed E-state index contributed by atoms with van der Waals surface area (Å²) < 4.78 is 6.14. The lowest BCUT2D eigenvalue weighted by Gasteiger charge is -2.05. The molecule has 0 aliphatic heterocycles. The molecule has 2 aromatic rings. The van der Waals surface area contributed by atoms with Gasteiger partial charge in [-0.3, -0.25) is 4.79 Å². The fourth-order valence-corrected chi connectivity index (χ4v) is 1.63. The van der Waals surface area contributed by atoms with E-state index >= 15 is 0 Å². The number of nitrogens with zero attached hydrogens (tertiary/aromatic N) is 1. The van der Waals surface area contributed by atoms with Crippen molar-refractivity contribution < 1.29 is 9.21 Å². The van der Waals surface area contributed by atoms with Gasteiger partial charge in [0.15, 0.2) is 5.89 Å². The van der Waals surface area contributed by atoms with E-state index < -0.39 is 0 Å². The molecule has 1 heterocycles. The largest absolute Gasteiger partial charge is 0.436 e. The van der Waals surface area contributed by atoms with Gasteiger partial charge < -0.3 is 9.73 Å². The number of aromatic nitrogens is 1. The molecule has 17 heavy (non-hydrogen) atoms. The molecule has 0 atom stereocenters. The molecule has 0 radical (unpaired) electrons. The van der Waals surface area contributed by atoms with Crippen molar-refractivity contribution in [1.29, 1.82) is 0 Å². The first kappa shape index (κ1) is 11.9. The maximum absolute atomic E-state index is 11.8. The van der Waals surface area contributed by atoms with Crippen LogP contribution in [0.1, 0.15) is 22.0 Å². The van der Waals surface area contributed by atoms with Crippen molar-refractivity contribution in [2.24, 2.45) is 0 Å². The Morgan fingerprint density at radius 1 is 1.41 bits per heavy atom. The Kier molecular flexibility index (Phi) is 3.28. The zero-order valence-corrected chi connectivity index (χ0v) is 11.0. The average Bonchev–Trinajstić information content (AvgIpc) is 2.70. The number of carbonyl (C=O) groups excluding carboxylic acids is 1. The quantitative estimate of drug-likeness (QED) is 0.924. The van der Waals surface area contributed by atoms with E-state index in [9.17, 15) is 4.79 Å². The zero-order valence-electron chi connectivity index (χ0n) is 9.45. The Labute approximate surface area is 107 Å². The Morgan fingerprint density at radius 2 is 2.18 bits per heavy atom. The summed E-state index contributed by atoms with van der Waals surface area (Å²) in [6, 6.07) is 5.58. The van der Waals surface area contributed by atoms with Gasteiger partial charge in [0.25, 0.3) is 5.91 Å². The molecule has 0 aliphatic carbocycles. The van der Waals surface area contributed by atoms with E-state index in [2.05, 4.69) is 26.2 Å². The molecule has 88 valence electrons. The van der Waals surface area contributed by atoms with Gasteiger partial charge in [-0.25, -0.2) is 4.98 Å². The topological polar surface area (TPSA) is 55.1 Å². The molecule has 0 bridgehead atoms. The maximum Gasteiger partial charge on any atom is 0.293 e. The van der Waals surface area contributed by atoms with Gasteiger partial charge in [-0.1, -0.05) is 15.9 Å². The monoisotopic (exact) mass is 294 g/mol. The average molecular weight is 295 g/mol. The van der Waals surface area contributed by atoms with Gasteiger partial charge in [-0.15, -0.1) is 0 Å². The number of anilines is 1. The van der Waals surface area contributed by atoms with E-state index in [1.54, 1.807) is 6.92 Å². The fourth-order valence-electron chi connectivity index (χ4n) is 1.38. The summed E-state index contributed by atoms with van der Waals surface area (Å²) in [5.41, 5.74) is 1.78. The van der Waals surface area contributed by atoms with E-state index in [1.165, 1.54) is 6.20 Å². The van der Waals surface area contributed by atoms with Crippen LogP contribution < -0.4 is 5.32 Å². The molecule has 0 spiro atoms. The zero-order chi connectivity index (χ0) is 12.4. The van der Waals surface area contributed by atoms with Crippen LogP contribution in [0.25, 0.3) is 0 Å². The molecule has 1 aromatic carbocycles. The summed E-state index contributed by atoms with van der Waals surface area (Å²) in [4.78, 5) is 15.6. The fraction of sp³-hybridized carbons (Fsp3) is 0.167. The van der Waals surface area contributed by atoms with E-state index in [4.69, 9.17) is 4.42 Å². The standard InChI is InChI=1S/C12H11BrN2O2/c1-7-5-9(3-4-10(7)13)15-12(16)11-6-14-8(2)17-11/h3-6H,1-2H3,(H,15,16). The number of rotatable bonds is 2. The number of amides is 1. The van der Waals surface area contributed by atoms with Gasteiger partial charge in [0.2, 0.25) is 5.76 Å². The van der Waals surface area contributed by atoms with Crippen LogP contribution in [0.2, 0.25) is 0 Å². The molecular weight excluding hydrogens is 284 g/mol. The number of carbonyl (C=O) groups is 1. The first-order chi connectivity index (χ1) is 8.06. The Bertz CT molecular complexity index is 563. The van der Waals surface area contributed by atoms with Gasteiger partial charge in [0.1, 0.15) is 0 Å². The molecule has 2 rings (SSSR count). The van der Waals surface area contributed by atoms with Gasteiger partial charge in [-0.2, -0.15) is 0 Å². The number of aryl methyl sites for hydroxylation is 2. The highest BCUT2D eigenvalue weighted by Gasteiger charge is 2.11. The van der Waals surface area contributed by atoms with Crippen LogP contribution in [0.15, 0.2) is 33.3 Å². The van der Waals surface area contributed by atoms with Crippen molar-refractivity contribution in [1.82, 2.24) is 4.98 Å². The number of hydrogen-bond acceptors (Lipinski definition) is 3. The lowest BCUT2D eigenvalue weighted by atomic mass is 10.2. The van der Waals surface area contributed by atoms with Gasteiger partial charge in [0, 0.05) is 17.1 Å². The van der Waals surface area contributed by atoms with E-state index in [1.807, 2.05) is 25.1 Å². The van der Waals surface area contributed by atoms with Crippen LogP contribution in [0, 0.1) is 13.8 Å². The summed E-state index contributed by atoms with van der Waals surface area (Å²) in [5.74, 6) is 0.387. The summed E-state index contributed by atoms with van der Waals surface area (Å²) >= 11 is 3.40. The lowest BCUT2D eigenvalue weighted by Crippen LogP contribution is -2.10. The number of halogens is 1. The second-order valence-corrected chi connectivity index (χ2v) is 4.52. The number of oxazole rings is 1. The third kappa shape index (κ3) is 2.74. The van der Waals surface area contributed by atoms with Crippen molar-refractivity contribution in [3.63, 3.8) is 0 Å². The second-order valence-electron chi connectivity index (χ2n) is 3.66. The molecule has 5 heteroatoms. The minimum absolute atomic E-state index is 0.211. The molecule has 0 fully saturated rings. The normalized spacial score (nSPS) is 10.3. The Hall–Kier alpha value is -1.62. The third-order valence-corrected chi connectivity index (χ3v) is 3.15. The van der Waals surface area contributed by atoms with Gasteiger partial charge in [0.05, 0.1) is 6.20 Å². The minimum Gasteiger partial charge on any atom is -0.436 e. The molecule has 0 saturated carbocycles. The van der Waals surface area contributed by atoms with Crippen LogP contribution in [0.4, 0.5) is 5.69 Å². The molecule has 1 amide bonds. The molecule has 0 aliphatic rings. The summed E-state index contributed by atoms with van der Waals surface area (Å²) in [6.45, 7) is 3.65.